The van der Waals surface area contributed by atoms with E-state index in [1.807, 2.05) is 43.3 Å². The lowest BCUT2D eigenvalue weighted by Crippen LogP contribution is -2.13. The zero-order chi connectivity index (χ0) is 13.1. The van der Waals surface area contributed by atoms with Crippen LogP contribution in [0.1, 0.15) is 11.3 Å². The molecule has 0 aliphatic rings. The molecule has 1 aromatic heterocycles. The van der Waals surface area contributed by atoms with E-state index < -0.39 is 0 Å². The first-order valence-electron chi connectivity index (χ1n) is 5.36. The molecule has 2 aromatic rings. The molecule has 0 saturated heterocycles. The summed E-state index contributed by atoms with van der Waals surface area (Å²) in [5.74, 6) is 0.698. The minimum absolute atomic E-state index is 0.343. The van der Waals surface area contributed by atoms with Gasteiger partial charge in [-0.3, -0.25) is 0 Å². The van der Waals surface area contributed by atoms with Crippen LogP contribution in [0.25, 0.3) is 0 Å². The number of benzene rings is 1. The molecule has 1 aromatic carbocycles. The monoisotopic (exact) mass is 369 g/mol. The Morgan fingerprint density at radius 3 is 2.50 bits per heavy atom. The molecule has 0 saturated carbocycles. The van der Waals surface area contributed by atoms with Gasteiger partial charge < -0.3 is 11.1 Å². The number of aryl methyl sites for hydroxylation is 1. The Morgan fingerprint density at radius 2 is 1.89 bits per heavy atom. The average molecular weight is 369 g/mol. The predicted octanol–water partition coefficient (Wildman–Crippen LogP) is 3.37. The fraction of sp³-hybridized carbons (Fsp3) is 0.0769. The van der Waals surface area contributed by atoms with Crippen molar-refractivity contribution in [3.8, 4) is 0 Å². The maximum atomic E-state index is 5.69. The summed E-state index contributed by atoms with van der Waals surface area (Å²) in [6.45, 7) is 1.93. The van der Waals surface area contributed by atoms with E-state index in [9.17, 15) is 0 Å². The van der Waals surface area contributed by atoms with E-state index in [1.54, 1.807) is 0 Å². The zero-order valence-corrected chi connectivity index (χ0v) is 12.7. The van der Waals surface area contributed by atoms with Gasteiger partial charge in [-0.1, -0.05) is 12.2 Å². The number of thiocarbonyl (C=S) groups is 1. The van der Waals surface area contributed by atoms with Crippen molar-refractivity contribution in [3.05, 3.63) is 51.2 Å². The first-order chi connectivity index (χ1) is 8.56. The third-order valence-electron chi connectivity index (χ3n) is 2.41. The number of aromatic nitrogens is 1. The fourth-order valence-corrected chi connectivity index (χ4v) is 2.05. The van der Waals surface area contributed by atoms with Crippen LogP contribution >= 0.6 is 34.8 Å². The highest BCUT2D eigenvalue weighted by molar-refractivity contribution is 14.1. The van der Waals surface area contributed by atoms with Crippen molar-refractivity contribution in [3.63, 3.8) is 0 Å². The minimum atomic E-state index is 0.343. The lowest BCUT2D eigenvalue weighted by atomic mass is 10.2. The van der Waals surface area contributed by atoms with Gasteiger partial charge >= 0.3 is 0 Å². The van der Waals surface area contributed by atoms with Gasteiger partial charge in [0.2, 0.25) is 0 Å². The highest BCUT2D eigenvalue weighted by Crippen LogP contribution is 2.20. The molecule has 3 nitrogen and oxygen atoms in total. The first kappa shape index (κ1) is 13.2. The highest BCUT2D eigenvalue weighted by atomic mass is 127. The molecule has 0 spiro atoms. The number of hydrogen-bond donors (Lipinski definition) is 2. The molecule has 18 heavy (non-hydrogen) atoms. The number of nitrogens with one attached hydrogen (secondary N) is 1. The minimum Gasteiger partial charge on any atom is -0.389 e. The molecule has 0 unspecified atom stereocenters. The Kier molecular flexibility index (Phi) is 4.13. The molecule has 0 fully saturated rings. The summed E-state index contributed by atoms with van der Waals surface area (Å²) in [5, 5.41) is 3.24. The third kappa shape index (κ3) is 3.17. The molecule has 3 N–H and O–H groups in total. The topological polar surface area (TPSA) is 50.9 Å². The summed E-state index contributed by atoms with van der Waals surface area (Å²) in [6.07, 6.45) is 0. The number of hydrogen-bond acceptors (Lipinski definition) is 3. The molecule has 1 heterocycles. The molecule has 92 valence electrons. The van der Waals surface area contributed by atoms with Crippen LogP contribution < -0.4 is 11.1 Å². The third-order valence-corrected chi connectivity index (χ3v) is 3.35. The van der Waals surface area contributed by atoms with Crippen molar-refractivity contribution in [2.24, 2.45) is 5.73 Å². The lowest BCUT2D eigenvalue weighted by Gasteiger charge is -2.11. The van der Waals surface area contributed by atoms with Gasteiger partial charge in [-0.25, -0.2) is 4.98 Å². The lowest BCUT2D eigenvalue weighted by molar-refractivity contribution is 1.19. The van der Waals surface area contributed by atoms with Gasteiger partial charge in [0.25, 0.3) is 0 Å². The molecule has 0 aliphatic carbocycles. The highest BCUT2D eigenvalue weighted by Gasteiger charge is 2.07. The van der Waals surface area contributed by atoms with Gasteiger partial charge in [0.15, 0.2) is 0 Å². The van der Waals surface area contributed by atoms with Gasteiger partial charge in [-0.05, 0) is 65.9 Å². The normalized spacial score (nSPS) is 10.1. The van der Waals surface area contributed by atoms with Gasteiger partial charge in [0.05, 0.1) is 5.56 Å². The van der Waals surface area contributed by atoms with Crippen molar-refractivity contribution >= 4 is 51.3 Å². The smallest absolute Gasteiger partial charge is 0.140 e. The van der Waals surface area contributed by atoms with E-state index in [0.29, 0.717) is 10.8 Å². The van der Waals surface area contributed by atoms with E-state index in [-0.39, 0.29) is 0 Å². The maximum absolute atomic E-state index is 5.69. The molecule has 0 bridgehead atoms. The second-order valence-electron chi connectivity index (χ2n) is 3.84. The van der Waals surface area contributed by atoms with Crippen LogP contribution in [-0.4, -0.2) is 9.97 Å². The largest absolute Gasteiger partial charge is 0.389 e. The van der Waals surface area contributed by atoms with E-state index in [2.05, 4.69) is 32.9 Å². The summed E-state index contributed by atoms with van der Waals surface area (Å²) in [6, 6.07) is 11.8. The second kappa shape index (κ2) is 5.62. The van der Waals surface area contributed by atoms with Crippen molar-refractivity contribution in [2.75, 3.05) is 5.32 Å². The van der Waals surface area contributed by atoms with Crippen LogP contribution in [0.3, 0.4) is 0 Å². The first-order valence-corrected chi connectivity index (χ1v) is 6.85. The van der Waals surface area contributed by atoms with E-state index in [4.69, 9.17) is 18.0 Å². The summed E-state index contributed by atoms with van der Waals surface area (Å²) in [4.78, 5) is 4.77. The maximum Gasteiger partial charge on any atom is 0.140 e. The molecule has 0 radical (unpaired) electrons. The van der Waals surface area contributed by atoms with Crippen molar-refractivity contribution in [2.45, 2.75) is 6.92 Å². The standard InChI is InChI=1S/C13H12IN3S/c1-8-2-7-11(12(15)18)13(16-8)17-10-5-3-9(14)4-6-10/h2-7H,1H3,(H2,15,18)(H,16,17). The van der Waals surface area contributed by atoms with Crippen LogP contribution in [-0.2, 0) is 0 Å². The van der Waals surface area contributed by atoms with Crippen LogP contribution in [0.2, 0.25) is 0 Å². The van der Waals surface area contributed by atoms with Crippen molar-refractivity contribution < 1.29 is 0 Å². The van der Waals surface area contributed by atoms with E-state index >= 15 is 0 Å². The quantitative estimate of drug-likeness (QED) is 0.644. The Bertz CT molecular complexity index is 581. The molecular formula is C13H12IN3S. The predicted molar refractivity (Wildman–Crippen MR) is 87.3 cm³/mol. The average Bonchev–Trinajstić information content (AvgIpc) is 2.32. The fourth-order valence-electron chi connectivity index (χ4n) is 1.52. The van der Waals surface area contributed by atoms with E-state index in [0.717, 1.165) is 16.9 Å². The summed E-state index contributed by atoms with van der Waals surface area (Å²) in [7, 11) is 0. The van der Waals surface area contributed by atoms with Gasteiger partial charge in [-0.2, -0.15) is 0 Å². The molecule has 5 heteroatoms. The van der Waals surface area contributed by atoms with Gasteiger partial charge in [0, 0.05) is 15.0 Å². The van der Waals surface area contributed by atoms with Gasteiger partial charge in [-0.15, -0.1) is 0 Å². The van der Waals surface area contributed by atoms with Gasteiger partial charge in [0.1, 0.15) is 10.8 Å². The van der Waals surface area contributed by atoms with E-state index in [1.165, 1.54) is 3.57 Å². The Balaban J connectivity index is 2.35. The summed E-state index contributed by atoms with van der Waals surface area (Å²) < 4.78 is 1.19. The Labute approximate surface area is 125 Å². The number of nitrogens with two attached hydrogens (primary N) is 1. The van der Waals surface area contributed by atoms with Crippen LogP contribution in [0.4, 0.5) is 11.5 Å². The summed E-state index contributed by atoms with van der Waals surface area (Å²) >= 11 is 7.29. The number of rotatable bonds is 3. The van der Waals surface area contributed by atoms with Crippen LogP contribution in [0.15, 0.2) is 36.4 Å². The number of halogens is 1. The number of pyridine rings is 1. The molecule has 0 amide bonds. The molecular weight excluding hydrogens is 357 g/mol. The molecule has 0 aliphatic heterocycles. The van der Waals surface area contributed by atoms with Crippen LogP contribution in [0, 0.1) is 10.5 Å². The molecule has 0 atom stereocenters. The summed E-state index contributed by atoms with van der Waals surface area (Å²) in [5.41, 5.74) is 8.33. The zero-order valence-electron chi connectivity index (χ0n) is 9.77. The Hall–Kier alpha value is -1.21. The SMILES string of the molecule is Cc1ccc(C(N)=S)c(Nc2ccc(I)cc2)n1. The Morgan fingerprint density at radius 1 is 1.22 bits per heavy atom. The number of nitrogens with zero attached hydrogens (tertiary/aromatic N) is 1. The van der Waals surface area contributed by atoms with Crippen molar-refractivity contribution in [1.82, 2.24) is 4.98 Å². The number of anilines is 2. The molecule has 2 rings (SSSR count). The van der Waals surface area contributed by atoms with Crippen molar-refractivity contribution in [1.29, 1.82) is 0 Å². The second-order valence-corrected chi connectivity index (χ2v) is 5.53. The van der Waals surface area contributed by atoms with Crippen LogP contribution in [0.5, 0.6) is 0 Å².